The van der Waals surface area contributed by atoms with E-state index in [1.54, 1.807) is 9.80 Å². The van der Waals surface area contributed by atoms with Crippen LogP contribution in [0, 0.1) is 0 Å². The number of hydrogen-bond acceptors (Lipinski definition) is 4. The molecule has 2 heterocycles. The van der Waals surface area contributed by atoms with Crippen molar-refractivity contribution in [3.63, 3.8) is 0 Å². The van der Waals surface area contributed by atoms with Crippen molar-refractivity contribution in [2.75, 3.05) is 37.6 Å². The van der Waals surface area contributed by atoms with Crippen LogP contribution >= 0.6 is 11.8 Å². The number of carbonyl (C=O) groups excluding carboxylic acids is 3. The highest BCUT2D eigenvalue weighted by Gasteiger charge is 2.40. The first kappa shape index (κ1) is 30.5. The monoisotopic (exact) mass is 543 g/mol. The van der Waals surface area contributed by atoms with Gasteiger partial charge in [0.05, 0.1) is 5.69 Å². The molecule has 6 nitrogen and oxygen atoms in total. The zero-order valence-electron chi connectivity index (χ0n) is 23.8. The molecule has 38 heavy (non-hydrogen) atoms. The van der Waals surface area contributed by atoms with Crippen LogP contribution in [-0.4, -0.2) is 65.5 Å². The van der Waals surface area contributed by atoms with Gasteiger partial charge in [-0.2, -0.15) is 0 Å². The summed E-state index contributed by atoms with van der Waals surface area (Å²) in [5.41, 5.74) is 0.887. The van der Waals surface area contributed by atoms with E-state index in [1.807, 2.05) is 36.1 Å². The minimum Gasteiger partial charge on any atom is -0.339 e. The SMILES string of the molecule is CCCCCCCCCCCCCCCC(=O)N1CCN(C(=O)C2Sc3ccccc3N(CC)C2=O)CC1. The van der Waals surface area contributed by atoms with Gasteiger partial charge in [-0.05, 0) is 25.5 Å². The van der Waals surface area contributed by atoms with Gasteiger partial charge in [0.2, 0.25) is 17.7 Å². The Kier molecular flexibility index (Phi) is 13.5. The fourth-order valence-corrected chi connectivity index (χ4v) is 6.68. The van der Waals surface area contributed by atoms with E-state index in [2.05, 4.69) is 6.92 Å². The average Bonchev–Trinajstić information content (AvgIpc) is 2.95. The molecule has 1 unspecified atom stereocenters. The largest absolute Gasteiger partial charge is 0.339 e. The molecule has 2 aliphatic heterocycles. The van der Waals surface area contributed by atoms with E-state index in [4.69, 9.17) is 0 Å². The summed E-state index contributed by atoms with van der Waals surface area (Å²) in [5, 5.41) is -0.738. The molecule has 3 amide bonds. The van der Waals surface area contributed by atoms with Crippen molar-refractivity contribution < 1.29 is 14.4 Å². The van der Waals surface area contributed by atoms with Gasteiger partial charge in [0.1, 0.15) is 0 Å². The lowest BCUT2D eigenvalue weighted by Gasteiger charge is -2.38. The zero-order valence-corrected chi connectivity index (χ0v) is 24.6. The summed E-state index contributed by atoms with van der Waals surface area (Å²) in [4.78, 5) is 45.4. The number of amides is 3. The second-order valence-electron chi connectivity index (χ2n) is 10.7. The Morgan fingerprint density at radius 1 is 0.763 bits per heavy atom. The number of unbranched alkanes of at least 4 members (excludes halogenated alkanes) is 12. The van der Waals surface area contributed by atoms with Crippen molar-refractivity contribution in [1.29, 1.82) is 0 Å². The van der Waals surface area contributed by atoms with Gasteiger partial charge in [0.15, 0.2) is 5.25 Å². The van der Waals surface area contributed by atoms with E-state index in [9.17, 15) is 14.4 Å². The number of piperazine rings is 1. The molecule has 1 aromatic carbocycles. The van der Waals surface area contributed by atoms with Crippen molar-refractivity contribution in [3.05, 3.63) is 24.3 Å². The molecule has 3 rings (SSSR count). The number of para-hydroxylation sites is 1. The topological polar surface area (TPSA) is 60.9 Å². The van der Waals surface area contributed by atoms with Crippen LogP contribution in [0.25, 0.3) is 0 Å². The Hall–Kier alpha value is -2.02. The van der Waals surface area contributed by atoms with Gasteiger partial charge in [-0.3, -0.25) is 14.4 Å². The minimum absolute atomic E-state index is 0.128. The number of anilines is 1. The fourth-order valence-electron chi connectivity index (χ4n) is 5.49. The molecule has 2 aliphatic rings. The van der Waals surface area contributed by atoms with Crippen LogP contribution in [0.1, 0.15) is 104 Å². The first-order chi connectivity index (χ1) is 18.6. The summed E-state index contributed by atoms with van der Waals surface area (Å²) < 4.78 is 0. The molecule has 1 fully saturated rings. The van der Waals surface area contributed by atoms with Crippen molar-refractivity contribution in [3.8, 4) is 0 Å². The molecule has 0 N–H and O–H groups in total. The number of carbonyl (C=O) groups is 3. The number of nitrogens with zero attached hydrogens (tertiary/aromatic N) is 3. The predicted octanol–water partition coefficient (Wildman–Crippen LogP) is 6.67. The molecule has 0 aliphatic carbocycles. The average molecular weight is 544 g/mol. The molecule has 0 radical (unpaired) electrons. The van der Waals surface area contributed by atoms with Gasteiger partial charge in [-0.1, -0.05) is 96.1 Å². The minimum atomic E-state index is -0.738. The van der Waals surface area contributed by atoms with Gasteiger partial charge in [0, 0.05) is 44.0 Å². The van der Waals surface area contributed by atoms with E-state index in [-0.39, 0.29) is 17.7 Å². The lowest BCUT2D eigenvalue weighted by atomic mass is 10.0. The second kappa shape index (κ2) is 16.8. The Bertz CT molecular complexity index is 885. The first-order valence-electron chi connectivity index (χ1n) is 15.2. The summed E-state index contributed by atoms with van der Waals surface area (Å²) in [6.45, 7) is 6.87. The standard InChI is InChI=1S/C31H49N3O3S/c1-3-5-6-7-8-9-10-11-12-13-14-15-16-21-28(35)32-22-24-33(25-23-32)30(36)29-31(37)34(4-2)26-19-17-18-20-27(26)38-29/h17-20,29H,3-16,21-25H2,1-2H3. The zero-order chi connectivity index (χ0) is 27.2. The van der Waals surface area contributed by atoms with E-state index in [1.165, 1.54) is 82.4 Å². The van der Waals surface area contributed by atoms with Crippen LogP contribution in [-0.2, 0) is 14.4 Å². The van der Waals surface area contributed by atoms with Crippen molar-refractivity contribution in [2.24, 2.45) is 0 Å². The lowest BCUT2D eigenvalue weighted by Crippen LogP contribution is -2.55. The lowest BCUT2D eigenvalue weighted by molar-refractivity contribution is -0.141. The van der Waals surface area contributed by atoms with Crippen molar-refractivity contribution >= 4 is 35.2 Å². The Morgan fingerprint density at radius 3 is 1.87 bits per heavy atom. The fraction of sp³-hybridized carbons (Fsp3) is 0.710. The van der Waals surface area contributed by atoms with Crippen LogP contribution in [0.2, 0.25) is 0 Å². The predicted molar refractivity (Wildman–Crippen MR) is 158 cm³/mol. The van der Waals surface area contributed by atoms with E-state index < -0.39 is 5.25 Å². The van der Waals surface area contributed by atoms with Crippen LogP contribution < -0.4 is 4.90 Å². The number of hydrogen-bond donors (Lipinski definition) is 0. The Labute approximate surface area is 234 Å². The summed E-state index contributed by atoms with van der Waals surface area (Å²) in [6.07, 6.45) is 17.5. The third-order valence-corrected chi connectivity index (χ3v) is 9.11. The Morgan fingerprint density at radius 2 is 1.29 bits per heavy atom. The van der Waals surface area contributed by atoms with Crippen LogP contribution in [0.3, 0.4) is 0 Å². The summed E-state index contributed by atoms with van der Waals surface area (Å²) in [7, 11) is 0. The number of rotatable bonds is 16. The van der Waals surface area contributed by atoms with Gasteiger partial charge in [0.25, 0.3) is 0 Å². The van der Waals surface area contributed by atoms with Crippen LogP contribution in [0.4, 0.5) is 5.69 Å². The Balaban J connectivity index is 1.27. The summed E-state index contributed by atoms with van der Waals surface area (Å²) >= 11 is 1.36. The third-order valence-electron chi connectivity index (χ3n) is 7.87. The van der Waals surface area contributed by atoms with Gasteiger partial charge < -0.3 is 14.7 Å². The molecule has 1 saturated heterocycles. The van der Waals surface area contributed by atoms with Crippen LogP contribution in [0.15, 0.2) is 29.2 Å². The highest BCUT2D eigenvalue weighted by atomic mass is 32.2. The maximum atomic E-state index is 13.3. The maximum Gasteiger partial charge on any atom is 0.250 e. The highest BCUT2D eigenvalue weighted by molar-refractivity contribution is 8.01. The first-order valence-corrected chi connectivity index (χ1v) is 16.1. The molecule has 0 aromatic heterocycles. The van der Waals surface area contributed by atoms with Crippen molar-refractivity contribution in [1.82, 2.24) is 9.80 Å². The molecule has 7 heteroatoms. The number of fused-ring (bicyclic) bond motifs is 1. The highest BCUT2D eigenvalue weighted by Crippen LogP contribution is 2.39. The maximum absolute atomic E-state index is 13.3. The quantitative estimate of drug-likeness (QED) is 0.173. The number of benzene rings is 1. The van der Waals surface area contributed by atoms with E-state index in [0.717, 1.165) is 23.4 Å². The molecule has 1 atom stereocenters. The molecule has 1 aromatic rings. The smallest absolute Gasteiger partial charge is 0.250 e. The molecule has 212 valence electrons. The van der Waals surface area contributed by atoms with Gasteiger partial charge >= 0.3 is 0 Å². The summed E-state index contributed by atoms with van der Waals surface area (Å²) in [5.74, 6) is -0.0620. The second-order valence-corrected chi connectivity index (χ2v) is 11.9. The number of thioether (sulfide) groups is 1. The van der Waals surface area contributed by atoms with Crippen molar-refractivity contribution in [2.45, 2.75) is 114 Å². The third kappa shape index (κ3) is 9.03. The van der Waals surface area contributed by atoms with Gasteiger partial charge in [-0.15, -0.1) is 11.8 Å². The molecular formula is C31H49N3O3S. The van der Waals surface area contributed by atoms with Crippen LogP contribution in [0.5, 0.6) is 0 Å². The molecule has 0 saturated carbocycles. The molecule has 0 spiro atoms. The van der Waals surface area contributed by atoms with E-state index in [0.29, 0.717) is 39.1 Å². The normalized spacial score (nSPS) is 17.6. The van der Waals surface area contributed by atoms with E-state index >= 15 is 0 Å². The molecule has 0 bridgehead atoms. The van der Waals surface area contributed by atoms with Gasteiger partial charge in [-0.25, -0.2) is 0 Å². The molecular weight excluding hydrogens is 494 g/mol. The summed E-state index contributed by atoms with van der Waals surface area (Å²) in [6, 6.07) is 7.78.